The van der Waals surface area contributed by atoms with E-state index in [1.165, 1.54) is 28.1 Å². The number of fused-ring (bicyclic) bond motifs is 2. The van der Waals surface area contributed by atoms with E-state index >= 15 is 0 Å². The van der Waals surface area contributed by atoms with Crippen molar-refractivity contribution in [3.05, 3.63) is 95.6 Å². The van der Waals surface area contributed by atoms with Crippen LogP contribution < -0.4 is 4.90 Å². The monoisotopic (exact) mass is 440 g/mol. The van der Waals surface area contributed by atoms with Crippen molar-refractivity contribution in [3.63, 3.8) is 0 Å². The fraction of sp³-hybridized carbons (Fsp3) is 0.345. The summed E-state index contributed by atoms with van der Waals surface area (Å²) in [6, 6.07) is 28.4. The normalized spacial score (nSPS) is 16.9. The van der Waals surface area contributed by atoms with Gasteiger partial charge >= 0.3 is 5.97 Å². The van der Waals surface area contributed by atoms with E-state index in [0.29, 0.717) is 5.92 Å². The predicted octanol–water partition coefficient (Wildman–Crippen LogP) is 6.05. The minimum Gasteiger partial charge on any atom is -0.481 e. The molecule has 0 bridgehead atoms. The van der Waals surface area contributed by atoms with Crippen molar-refractivity contribution in [1.29, 1.82) is 0 Å². The SMILES string of the molecule is O=C(O)C1CCN(CCCC2c3ccccc3N(Cc3ccccc3)c3ccccc32)CC1. The molecule has 1 saturated heterocycles. The maximum absolute atomic E-state index is 11.2. The molecule has 0 aliphatic carbocycles. The van der Waals surface area contributed by atoms with Crippen LogP contribution in [-0.2, 0) is 11.3 Å². The highest BCUT2D eigenvalue weighted by atomic mass is 16.4. The summed E-state index contributed by atoms with van der Waals surface area (Å²) < 4.78 is 0. The Bertz CT molecular complexity index is 1040. The number of anilines is 2. The molecule has 1 N–H and O–H groups in total. The molecule has 0 atom stereocenters. The minimum absolute atomic E-state index is 0.158. The first kappa shape index (κ1) is 21.7. The van der Waals surface area contributed by atoms with Crippen LogP contribution in [0, 0.1) is 5.92 Å². The van der Waals surface area contributed by atoms with Crippen molar-refractivity contribution in [2.24, 2.45) is 5.92 Å². The third-order valence-electron chi connectivity index (χ3n) is 7.29. The minimum atomic E-state index is -0.634. The Hall–Kier alpha value is -3.11. The number of carbonyl (C=O) groups is 1. The topological polar surface area (TPSA) is 43.8 Å². The van der Waals surface area contributed by atoms with Crippen LogP contribution in [0.5, 0.6) is 0 Å². The molecule has 3 aromatic carbocycles. The van der Waals surface area contributed by atoms with Crippen LogP contribution in [-0.4, -0.2) is 35.6 Å². The Morgan fingerprint density at radius 3 is 2.00 bits per heavy atom. The van der Waals surface area contributed by atoms with Gasteiger partial charge in [0.2, 0.25) is 0 Å². The Kier molecular flexibility index (Phi) is 6.45. The Balaban J connectivity index is 1.34. The van der Waals surface area contributed by atoms with Gasteiger partial charge in [0.1, 0.15) is 0 Å². The molecule has 0 spiro atoms. The largest absolute Gasteiger partial charge is 0.481 e. The lowest BCUT2D eigenvalue weighted by Gasteiger charge is -2.38. The van der Waals surface area contributed by atoms with Gasteiger partial charge in [0.15, 0.2) is 0 Å². The van der Waals surface area contributed by atoms with E-state index in [9.17, 15) is 9.90 Å². The third-order valence-corrected chi connectivity index (χ3v) is 7.29. The van der Waals surface area contributed by atoms with Crippen molar-refractivity contribution in [1.82, 2.24) is 4.90 Å². The zero-order chi connectivity index (χ0) is 22.6. The third kappa shape index (κ3) is 4.67. The fourth-order valence-corrected chi connectivity index (χ4v) is 5.52. The summed E-state index contributed by atoms with van der Waals surface area (Å²) in [6.45, 7) is 3.71. The first-order chi connectivity index (χ1) is 16.2. The molecule has 2 aliphatic heterocycles. The maximum Gasteiger partial charge on any atom is 0.306 e. The summed E-state index contributed by atoms with van der Waals surface area (Å²) >= 11 is 0. The molecule has 3 aromatic rings. The number of rotatable bonds is 7. The zero-order valence-electron chi connectivity index (χ0n) is 19.1. The number of nitrogens with zero attached hydrogens (tertiary/aromatic N) is 2. The lowest BCUT2D eigenvalue weighted by Crippen LogP contribution is -2.37. The molecule has 2 heterocycles. The van der Waals surface area contributed by atoms with Crippen LogP contribution in [0.1, 0.15) is 48.3 Å². The van der Waals surface area contributed by atoms with E-state index in [1.807, 2.05) is 0 Å². The molecule has 33 heavy (non-hydrogen) atoms. The van der Waals surface area contributed by atoms with Gasteiger partial charge in [0, 0.05) is 23.8 Å². The number of para-hydroxylation sites is 2. The van der Waals surface area contributed by atoms with Gasteiger partial charge in [-0.15, -0.1) is 0 Å². The molecule has 4 heteroatoms. The number of aliphatic carboxylic acids is 1. The predicted molar refractivity (Wildman–Crippen MR) is 133 cm³/mol. The average Bonchev–Trinajstić information content (AvgIpc) is 2.86. The number of likely N-dealkylation sites (tertiary alicyclic amines) is 1. The molecule has 4 nitrogen and oxygen atoms in total. The highest BCUT2D eigenvalue weighted by Gasteiger charge is 2.30. The van der Waals surface area contributed by atoms with Gasteiger partial charge in [0.05, 0.1) is 5.92 Å². The first-order valence-corrected chi connectivity index (χ1v) is 12.1. The lowest BCUT2D eigenvalue weighted by molar-refractivity contribution is -0.143. The van der Waals surface area contributed by atoms with E-state index in [0.717, 1.165) is 51.9 Å². The van der Waals surface area contributed by atoms with E-state index in [-0.39, 0.29) is 5.92 Å². The van der Waals surface area contributed by atoms with Gasteiger partial charge in [0.25, 0.3) is 0 Å². The van der Waals surface area contributed by atoms with E-state index in [1.54, 1.807) is 0 Å². The van der Waals surface area contributed by atoms with Crippen LogP contribution in [0.4, 0.5) is 11.4 Å². The molecule has 170 valence electrons. The second-order valence-electron chi connectivity index (χ2n) is 9.34. The quantitative estimate of drug-likeness (QED) is 0.486. The van der Waals surface area contributed by atoms with Crippen LogP contribution in [0.25, 0.3) is 0 Å². The molecule has 1 fully saturated rings. The Morgan fingerprint density at radius 2 is 1.39 bits per heavy atom. The number of piperidine rings is 1. The second-order valence-corrected chi connectivity index (χ2v) is 9.34. The number of hydrogen-bond acceptors (Lipinski definition) is 3. The molecule has 0 aromatic heterocycles. The number of carboxylic acids is 1. The van der Waals surface area contributed by atoms with Gasteiger partial charge < -0.3 is 14.9 Å². The molecular formula is C29H32N2O2. The molecule has 5 rings (SSSR count). The summed E-state index contributed by atoms with van der Waals surface area (Å²) in [5.41, 5.74) is 6.76. The second kappa shape index (κ2) is 9.80. The highest BCUT2D eigenvalue weighted by Crippen LogP contribution is 2.47. The van der Waals surface area contributed by atoms with Crippen LogP contribution >= 0.6 is 0 Å². The molecular weight excluding hydrogens is 408 g/mol. The summed E-state index contributed by atoms with van der Waals surface area (Å²) in [5.74, 6) is -0.403. The van der Waals surface area contributed by atoms with Gasteiger partial charge in [-0.05, 0) is 74.1 Å². The van der Waals surface area contributed by atoms with Gasteiger partial charge in [-0.25, -0.2) is 0 Å². The molecule has 0 amide bonds. The lowest BCUT2D eigenvalue weighted by atomic mass is 9.81. The average molecular weight is 441 g/mol. The summed E-state index contributed by atoms with van der Waals surface area (Å²) in [4.78, 5) is 16.1. The first-order valence-electron chi connectivity index (χ1n) is 12.1. The van der Waals surface area contributed by atoms with Crippen molar-refractivity contribution < 1.29 is 9.90 Å². The molecule has 0 saturated carbocycles. The van der Waals surface area contributed by atoms with E-state index < -0.39 is 5.97 Å². The zero-order valence-corrected chi connectivity index (χ0v) is 19.1. The van der Waals surface area contributed by atoms with Gasteiger partial charge in [-0.3, -0.25) is 4.79 Å². The standard InChI is InChI=1S/C29H32N2O2/c32-29(33)23-16-19-30(20-17-23)18-8-13-24-25-11-4-6-14-27(25)31(21-22-9-2-1-3-10-22)28-15-7-5-12-26(24)28/h1-7,9-12,14-15,23-24H,8,13,16-21H2,(H,32,33). The molecule has 2 aliphatic rings. The highest BCUT2D eigenvalue weighted by molar-refractivity contribution is 5.76. The van der Waals surface area contributed by atoms with Gasteiger partial charge in [-0.2, -0.15) is 0 Å². The van der Waals surface area contributed by atoms with Gasteiger partial charge in [-0.1, -0.05) is 66.7 Å². The number of carboxylic acid groups (broad SMARTS) is 1. The van der Waals surface area contributed by atoms with Crippen molar-refractivity contribution in [3.8, 4) is 0 Å². The summed E-state index contributed by atoms with van der Waals surface area (Å²) in [5, 5.41) is 9.25. The van der Waals surface area contributed by atoms with Crippen molar-refractivity contribution >= 4 is 17.3 Å². The Morgan fingerprint density at radius 1 is 0.818 bits per heavy atom. The molecule has 0 unspecified atom stereocenters. The Labute approximate surface area is 196 Å². The van der Waals surface area contributed by atoms with E-state index in [4.69, 9.17) is 0 Å². The summed E-state index contributed by atoms with van der Waals surface area (Å²) in [7, 11) is 0. The maximum atomic E-state index is 11.2. The van der Waals surface area contributed by atoms with Crippen molar-refractivity contribution in [2.45, 2.75) is 38.1 Å². The van der Waals surface area contributed by atoms with Crippen molar-refractivity contribution in [2.75, 3.05) is 24.5 Å². The smallest absolute Gasteiger partial charge is 0.306 e. The number of benzene rings is 3. The number of hydrogen-bond donors (Lipinski definition) is 1. The summed E-state index contributed by atoms with van der Waals surface area (Å²) in [6.07, 6.45) is 3.77. The van der Waals surface area contributed by atoms with Crippen LogP contribution in [0.2, 0.25) is 0 Å². The van der Waals surface area contributed by atoms with Crippen LogP contribution in [0.15, 0.2) is 78.9 Å². The van der Waals surface area contributed by atoms with Crippen LogP contribution in [0.3, 0.4) is 0 Å². The van der Waals surface area contributed by atoms with E-state index in [2.05, 4.69) is 88.7 Å². The molecule has 0 radical (unpaired) electrons. The fourth-order valence-electron chi connectivity index (χ4n) is 5.52.